The molecule has 4 aromatic rings. The van der Waals surface area contributed by atoms with Crippen LogP contribution in [-0.4, -0.2) is 18.1 Å². The normalized spacial score (nSPS) is 10.8. The van der Waals surface area contributed by atoms with Crippen molar-refractivity contribution in [3.8, 4) is 5.75 Å². The molecule has 2 N–H and O–H groups in total. The number of nitrogens with zero attached hydrogens (tertiary/aromatic N) is 1. The highest BCUT2D eigenvalue weighted by molar-refractivity contribution is 5.90. The van der Waals surface area contributed by atoms with Crippen molar-refractivity contribution in [2.24, 2.45) is 0 Å². The lowest BCUT2D eigenvalue weighted by Crippen LogP contribution is -3.00. The SMILES string of the molecule is COc1ccc(C[n+]2ccc(CNC(=O)C(O)(c3ccccc3)c3ccccc3)cc2)cc1.[Cl-]. The molecule has 0 aliphatic rings. The number of pyridine rings is 1. The predicted octanol–water partition coefficient (Wildman–Crippen LogP) is 0.587. The lowest BCUT2D eigenvalue weighted by atomic mass is 9.85. The molecule has 0 aliphatic heterocycles. The standard InChI is InChI=1S/C28H26N2O3.ClH/c1-33-26-14-12-23(13-15-26)21-30-18-16-22(17-19-30)20-29-27(31)28(32,24-8-4-2-5-9-24)25-10-6-3-7-11-25;/h2-19,32H,20-21H2,1H3;1H. The Morgan fingerprint density at radius 2 is 1.35 bits per heavy atom. The molecule has 34 heavy (non-hydrogen) atoms. The number of aliphatic hydroxyl groups is 1. The molecule has 5 nitrogen and oxygen atoms in total. The minimum absolute atomic E-state index is 0. The van der Waals surface area contributed by atoms with Crippen LogP contribution in [-0.2, 0) is 23.5 Å². The number of carbonyl (C=O) groups is 1. The summed E-state index contributed by atoms with van der Waals surface area (Å²) in [4.78, 5) is 13.2. The van der Waals surface area contributed by atoms with E-state index in [9.17, 15) is 9.90 Å². The molecule has 0 bridgehead atoms. The largest absolute Gasteiger partial charge is 1.00 e. The summed E-state index contributed by atoms with van der Waals surface area (Å²) in [7, 11) is 1.65. The van der Waals surface area contributed by atoms with Crippen molar-refractivity contribution in [3.63, 3.8) is 0 Å². The predicted molar refractivity (Wildman–Crippen MR) is 126 cm³/mol. The Morgan fingerprint density at radius 1 is 0.824 bits per heavy atom. The summed E-state index contributed by atoms with van der Waals surface area (Å²) in [6.45, 7) is 1.04. The molecule has 0 unspecified atom stereocenters. The number of nitrogens with one attached hydrogen (secondary N) is 1. The molecule has 0 radical (unpaired) electrons. The van der Waals surface area contributed by atoms with Crippen molar-refractivity contribution < 1.29 is 31.6 Å². The zero-order valence-electron chi connectivity index (χ0n) is 18.9. The van der Waals surface area contributed by atoms with Gasteiger partial charge in [0.15, 0.2) is 24.5 Å². The molecule has 6 heteroatoms. The highest BCUT2D eigenvalue weighted by Crippen LogP contribution is 2.30. The van der Waals surface area contributed by atoms with E-state index in [2.05, 4.69) is 9.88 Å². The van der Waals surface area contributed by atoms with Gasteiger partial charge in [0.25, 0.3) is 5.91 Å². The Kier molecular flexibility index (Phi) is 8.41. The summed E-state index contributed by atoms with van der Waals surface area (Å²) in [6.07, 6.45) is 3.96. The maximum Gasteiger partial charge on any atom is 0.261 e. The van der Waals surface area contributed by atoms with Crippen LogP contribution in [0.5, 0.6) is 5.75 Å². The minimum Gasteiger partial charge on any atom is -1.00 e. The van der Waals surface area contributed by atoms with Crippen LogP contribution < -0.4 is 27.0 Å². The first-order valence-corrected chi connectivity index (χ1v) is 10.8. The third-order valence-electron chi connectivity index (χ3n) is 5.65. The zero-order valence-corrected chi connectivity index (χ0v) is 19.7. The third-order valence-corrected chi connectivity index (χ3v) is 5.65. The first-order valence-electron chi connectivity index (χ1n) is 10.8. The van der Waals surface area contributed by atoms with Crippen molar-refractivity contribution in [2.75, 3.05) is 7.11 Å². The maximum absolute atomic E-state index is 13.2. The van der Waals surface area contributed by atoms with Gasteiger partial charge in [-0.2, -0.15) is 0 Å². The fraction of sp³-hybridized carbons (Fsp3) is 0.143. The van der Waals surface area contributed by atoms with Gasteiger partial charge in [-0.25, -0.2) is 4.57 Å². The molecule has 0 fully saturated rings. The summed E-state index contributed by atoms with van der Waals surface area (Å²) < 4.78 is 7.27. The summed E-state index contributed by atoms with van der Waals surface area (Å²) in [6, 6.07) is 29.9. The van der Waals surface area contributed by atoms with Gasteiger partial charge in [-0.1, -0.05) is 60.7 Å². The van der Waals surface area contributed by atoms with E-state index in [1.165, 1.54) is 0 Å². The Morgan fingerprint density at radius 3 is 1.85 bits per heavy atom. The van der Waals surface area contributed by atoms with Gasteiger partial charge in [0.05, 0.1) is 7.11 Å². The van der Waals surface area contributed by atoms with E-state index in [0.717, 1.165) is 23.4 Å². The molecule has 0 atom stereocenters. The lowest BCUT2D eigenvalue weighted by Gasteiger charge is -2.28. The number of aromatic nitrogens is 1. The average molecular weight is 475 g/mol. The van der Waals surface area contributed by atoms with Gasteiger partial charge in [-0.15, -0.1) is 0 Å². The van der Waals surface area contributed by atoms with Gasteiger partial charge in [-0.3, -0.25) is 4.79 Å². The molecule has 0 saturated heterocycles. The number of hydrogen-bond acceptors (Lipinski definition) is 3. The second-order valence-corrected chi connectivity index (χ2v) is 7.85. The van der Waals surface area contributed by atoms with Crippen LogP contribution in [0.15, 0.2) is 109 Å². The van der Waals surface area contributed by atoms with E-state index >= 15 is 0 Å². The van der Waals surface area contributed by atoms with E-state index in [1.54, 1.807) is 31.4 Å². The van der Waals surface area contributed by atoms with E-state index in [0.29, 0.717) is 17.7 Å². The second kappa shape index (κ2) is 11.5. The number of amides is 1. The van der Waals surface area contributed by atoms with Crippen molar-refractivity contribution in [1.29, 1.82) is 0 Å². The van der Waals surface area contributed by atoms with Crippen LogP contribution in [0.1, 0.15) is 22.3 Å². The van der Waals surface area contributed by atoms with Gasteiger partial charge in [-0.05, 0) is 41.0 Å². The van der Waals surface area contributed by atoms with Gasteiger partial charge in [0.2, 0.25) is 0 Å². The quantitative estimate of drug-likeness (QED) is 0.367. The highest BCUT2D eigenvalue weighted by Gasteiger charge is 2.39. The maximum atomic E-state index is 13.2. The molecule has 174 valence electrons. The summed E-state index contributed by atoms with van der Waals surface area (Å²) in [5, 5.41) is 14.4. The van der Waals surface area contributed by atoms with Crippen LogP contribution in [0.4, 0.5) is 0 Å². The van der Waals surface area contributed by atoms with Crippen molar-refractivity contribution >= 4 is 5.91 Å². The molecule has 3 aromatic carbocycles. The van der Waals surface area contributed by atoms with Gasteiger partial charge >= 0.3 is 0 Å². The van der Waals surface area contributed by atoms with Crippen LogP contribution in [0.25, 0.3) is 0 Å². The van der Waals surface area contributed by atoms with Gasteiger partial charge in [0, 0.05) is 24.2 Å². The van der Waals surface area contributed by atoms with Crippen molar-refractivity contribution in [2.45, 2.75) is 18.7 Å². The summed E-state index contributed by atoms with van der Waals surface area (Å²) in [5.41, 5.74) is 1.39. The Labute approximate surface area is 206 Å². The zero-order chi connectivity index (χ0) is 23.1. The summed E-state index contributed by atoms with van der Waals surface area (Å²) >= 11 is 0. The van der Waals surface area contributed by atoms with Gasteiger partial charge < -0.3 is 27.6 Å². The van der Waals surface area contributed by atoms with Crippen LogP contribution in [0.3, 0.4) is 0 Å². The Hall–Kier alpha value is -3.67. The average Bonchev–Trinajstić information content (AvgIpc) is 2.89. The molecule has 1 heterocycles. The van der Waals surface area contributed by atoms with E-state index in [-0.39, 0.29) is 12.4 Å². The second-order valence-electron chi connectivity index (χ2n) is 7.85. The number of halogens is 1. The van der Waals surface area contributed by atoms with Crippen LogP contribution in [0.2, 0.25) is 0 Å². The number of ether oxygens (including phenoxy) is 1. The van der Waals surface area contributed by atoms with Crippen LogP contribution >= 0.6 is 0 Å². The number of methoxy groups -OCH3 is 1. The molecule has 1 aromatic heterocycles. The first kappa shape index (κ1) is 25.0. The number of benzene rings is 3. The molecule has 4 rings (SSSR count). The lowest BCUT2D eigenvalue weighted by molar-refractivity contribution is -0.688. The minimum atomic E-state index is -1.77. The topological polar surface area (TPSA) is 62.4 Å². The molecular formula is C28H27ClN2O3. The van der Waals surface area contributed by atoms with Crippen molar-refractivity contribution in [3.05, 3.63) is 132 Å². The van der Waals surface area contributed by atoms with Crippen LogP contribution in [0, 0.1) is 0 Å². The first-order chi connectivity index (χ1) is 16.1. The van der Waals surface area contributed by atoms with Gasteiger partial charge in [0.1, 0.15) is 5.75 Å². The highest BCUT2D eigenvalue weighted by atomic mass is 35.5. The monoisotopic (exact) mass is 474 g/mol. The number of rotatable bonds is 8. The van der Waals surface area contributed by atoms with E-state index < -0.39 is 11.5 Å². The summed E-state index contributed by atoms with van der Waals surface area (Å²) in [5.74, 6) is 0.371. The molecule has 0 spiro atoms. The molecule has 0 aliphatic carbocycles. The van der Waals surface area contributed by atoms with E-state index in [1.807, 2.05) is 85.2 Å². The third kappa shape index (κ3) is 5.63. The molecule has 1 amide bonds. The Balaban J connectivity index is 0.00000324. The number of hydrogen-bond donors (Lipinski definition) is 2. The fourth-order valence-electron chi connectivity index (χ4n) is 3.75. The smallest absolute Gasteiger partial charge is 0.261 e. The molecular weight excluding hydrogens is 448 g/mol. The van der Waals surface area contributed by atoms with Crippen molar-refractivity contribution in [1.82, 2.24) is 5.32 Å². The molecule has 0 saturated carbocycles. The fourth-order valence-corrected chi connectivity index (χ4v) is 3.75. The Bertz CT molecular complexity index is 1140. The number of carbonyl (C=O) groups excluding carboxylic acids is 1. The van der Waals surface area contributed by atoms with E-state index in [4.69, 9.17) is 4.74 Å².